The van der Waals surface area contributed by atoms with E-state index in [1.54, 1.807) is 49.5 Å². The van der Waals surface area contributed by atoms with Gasteiger partial charge in [-0.3, -0.25) is 4.72 Å². The minimum absolute atomic E-state index is 0.00295. The van der Waals surface area contributed by atoms with Gasteiger partial charge in [-0.05, 0) is 43.4 Å². The molecule has 0 bridgehead atoms. The molecule has 0 amide bonds. The Bertz CT molecular complexity index is 1580. The molecule has 0 aliphatic carbocycles. The van der Waals surface area contributed by atoms with E-state index >= 15 is 0 Å². The lowest BCUT2D eigenvalue weighted by atomic mass is 10.2. The summed E-state index contributed by atoms with van der Waals surface area (Å²) in [6.07, 6.45) is 0. The highest BCUT2D eigenvalue weighted by atomic mass is 32.2. The fourth-order valence-electron chi connectivity index (χ4n) is 3.95. The molecule has 12 nitrogen and oxygen atoms in total. The third-order valence-corrected chi connectivity index (χ3v) is 7.55. The van der Waals surface area contributed by atoms with Crippen molar-refractivity contribution < 1.29 is 27.7 Å². The smallest absolute Gasteiger partial charge is 0.263 e. The fourth-order valence-corrected chi connectivity index (χ4v) is 4.96. The van der Waals surface area contributed by atoms with Crippen molar-refractivity contribution in [1.29, 1.82) is 0 Å². The van der Waals surface area contributed by atoms with Crippen LogP contribution < -0.4 is 29.6 Å². The van der Waals surface area contributed by atoms with Crippen molar-refractivity contribution in [3.63, 3.8) is 0 Å². The number of likely N-dealkylation sites (N-methyl/N-ethyl adjacent to an activating group) is 1. The molecule has 0 radical (unpaired) electrons. The highest BCUT2D eigenvalue weighted by molar-refractivity contribution is 7.92. The third kappa shape index (κ3) is 7.25. The van der Waals surface area contributed by atoms with Crippen LogP contribution >= 0.6 is 0 Å². The summed E-state index contributed by atoms with van der Waals surface area (Å²) in [6.45, 7) is 1.37. The number of nitrogens with one attached hydrogen (secondary N) is 3. The molecule has 4 N–H and O–H groups in total. The van der Waals surface area contributed by atoms with Gasteiger partial charge >= 0.3 is 0 Å². The molecule has 41 heavy (non-hydrogen) atoms. The number of aliphatic hydroxyl groups is 1. The van der Waals surface area contributed by atoms with Crippen molar-refractivity contribution in [2.24, 2.45) is 0 Å². The van der Waals surface area contributed by atoms with Crippen LogP contribution in [-0.2, 0) is 10.0 Å². The Morgan fingerprint density at radius 3 is 2.22 bits per heavy atom. The van der Waals surface area contributed by atoms with Gasteiger partial charge in [0.05, 0.1) is 42.4 Å². The minimum atomic E-state index is -4.01. The standard InChI is InChI=1S/C28H34N6O6S/c1-29-19-9-11-21(12-10-19)41(36,37)33-28-27(30-22-7-5-6-8-23(22)31-28)32-24-17-20(38-3)18-25(39-4)26(24)40-16-14-34(2)13-15-35/h5-12,17-18,29,35H,13-16H2,1-4H3,(H,30,32)(H,31,33). The number of rotatable bonds is 14. The van der Waals surface area contributed by atoms with Crippen molar-refractivity contribution in [3.05, 3.63) is 60.7 Å². The number of aromatic nitrogens is 2. The maximum absolute atomic E-state index is 13.4. The Hall–Kier alpha value is -4.33. The number of nitrogens with zero attached hydrogens (tertiary/aromatic N) is 3. The lowest BCUT2D eigenvalue weighted by molar-refractivity contribution is 0.190. The van der Waals surface area contributed by atoms with Crippen molar-refractivity contribution in [2.75, 3.05) is 70.0 Å². The summed E-state index contributed by atoms with van der Waals surface area (Å²) in [6, 6.07) is 16.9. The number of sulfonamides is 1. The summed E-state index contributed by atoms with van der Waals surface area (Å²) in [7, 11) is 2.65. The monoisotopic (exact) mass is 582 g/mol. The molecular weight excluding hydrogens is 548 g/mol. The predicted molar refractivity (Wildman–Crippen MR) is 159 cm³/mol. The lowest BCUT2D eigenvalue weighted by Crippen LogP contribution is -2.27. The highest BCUT2D eigenvalue weighted by Crippen LogP contribution is 2.42. The molecule has 0 aliphatic rings. The molecule has 218 valence electrons. The molecule has 0 atom stereocenters. The number of ether oxygens (including phenoxy) is 3. The van der Waals surface area contributed by atoms with E-state index in [9.17, 15) is 13.5 Å². The number of benzene rings is 3. The second-order valence-electron chi connectivity index (χ2n) is 9.00. The van der Waals surface area contributed by atoms with Gasteiger partial charge in [-0.2, -0.15) is 0 Å². The molecule has 0 fully saturated rings. The van der Waals surface area contributed by atoms with E-state index in [0.717, 1.165) is 5.69 Å². The van der Waals surface area contributed by atoms with Crippen molar-refractivity contribution >= 4 is 44.1 Å². The molecule has 0 spiro atoms. The van der Waals surface area contributed by atoms with Crippen molar-refractivity contribution in [2.45, 2.75) is 4.90 Å². The zero-order valence-corrected chi connectivity index (χ0v) is 24.2. The maximum atomic E-state index is 13.4. The summed E-state index contributed by atoms with van der Waals surface area (Å²) < 4.78 is 46.4. The van der Waals surface area contributed by atoms with Crippen molar-refractivity contribution in [1.82, 2.24) is 14.9 Å². The molecule has 4 aromatic rings. The first-order chi connectivity index (χ1) is 19.8. The zero-order valence-electron chi connectivity index (χ0n) is 23.3. The van der Waals surface area contributed by atoms with Gasteiger partial charge in [0.2, 0.25) is 0 Å². The second-order valence-corrected chi connectivity index (χ2v) is 10.7. The summed E-state index contributed by atoms with van der Waals surface area (Å²) in [5, 5.41) is 15.3. The first kappa shape index (κ1) is 29.6. The third-order valence-electron chi connectivity index (χ3n) is 6.19. The SMILES string of the molecule is CNc1ccc(S(=O)(=O)Nc2nc3ccccc3nc2Nc2cc(OC)cc(OC)c2OCCN(C)CCO)cc1. The van der Waals surface area contributed by atoms with E-state index in [1.165, 1.54) is 26.4 Å². The van der Waals surface area contributed by atoms with E-state index < -0.39 is 10.0 Å². The average molecular weight is 583 g/mol. The quantitative estimate of drug-likeness (QED) is 0.173. The van der Waals surface area contributed by atoms with Gasteiger partial charge in [-0.1, -0.05) is 12.1 Å². The van der Waals surface area contributed by atoms with E-state index in [2.05, 4.69) is 25.3 Å². The van der Waals surface area contributed by atoms with Crippen LogP contribution in [0.15, 0.2) is 65.6 Å². The van der Waals surface area contributed by atoms with Gasteiger partial charge in [-0.25, -0.2) is 18.4 Å². The molecule has 3 aromatic carbocycles. The van der Waals surface area contributed by atoms with Gasteiger partial charge in [0, 0.05) is 38.0 Å². The lowest BCUT2D eigenvalue weighted by Gasteiger charge is -2.20. The number of fused-ring (bicyclic) bond motifs is 1. The first-order valence-electron chi connectivity index (χ1n) is 12.8. The molecular formula is C28H34N6O6S. The van der Waals surface area contributed by atoms with E-state index in [0.29, 0.717) is 53.7 Å². The van der Waals surface area contributed by atoms with E-state index in [-0.39, 0.29) is 23.1 Å². The van der Waals surface area contributed by atoms with E-state index in [1.807, 2.05) is 18.0 Å². The van der Waals surface area contributed by atoms with Crippen LogP contribution in [0.1, 0.15) is 0 Å². The topological polar surface area (TPSA) is 147 Å². The normalized spacial score (nSPS) is 11.4. The van der Waals surface area contributed by atoms with Gasteiger partial charge in [0.1, 0.15) is 12.4 Å². The first-order valence-corrected chi connectivity index (χ1v) is 14.3. The van der Waals surface area contributed by atoms with Gasteiger partial charge in [0.15, 0.2) is 23.1 Å². The molecule has 0 saturated heterocycles. The minimum Gasteiger partial charge on any atom is -0.497 e. The number of para-hydroxylation sites is 2. The molecule has 4 rings (SSSR count). The van der Waals surface area contributed by atoms with Crippen LogP contribution in [0, 0.1) is 0 Å². The Labute approximate surface area is 239 Å². The Balaban J connectivity index is 1.75. The fraction of sp³-hybridized carbons (Fsp3) is 0.286. The Morgan fingerprint density at radius 2 is 1.61 bits per heavy atom. The number of methoxy groups -OCH3 is 2. The number of aliphatic hydroxyl groups excluding tert-OH is 1. The number of hydrogen-bond acceptors (Lipinski definition) is 11. The number of hydrogen-bond donors (Lipinski definition) is 4. The van der Waals surface area contributed by atoms with Crippen molar-refractivity contribution in [3.8, 4) is 17.2 Å². The van der Waals surface area contributed by atoms with E-state index in [4.69, 9.17) is 14.2 Å². The van der Waals surface area contributed by atoms with Crippen LogP contribution in [0.3, 0.4) is 0 Å². The highest BCUT2D eigenvalue weighted by Gasteiger charge is 2.22. The summed E-state index contributed by atoms with van der Waals surface area (Å²) >= 11 is 0. The van der Waals surface area contributed by atoms with Gasteiger partial charge in [-0.15, -0.1) is 0 Å². The van der Waals surface area contributed by atoms with Crippen LogP contribution in [0.4, 0.5) is 23.0 Å². The maximum Gasteiger partial charge on any atom is 0.263 e. The average Bonchev–Trinajstić information content (AvgIpc) is 2.97. The molecule has 1 heterocycles. The second kappa shape index (κ2) is 13.4. The summed E-state index contributed by atoms with van der Waals surface area (Å²) in [5.41, 5.74) is 2.26. The van der Waals surface area contributed by atoms with Crippen LogP contribution in [-0.4, -0.2) is 83.0 Å². The number of anilines is 4. The van der Waals surface area contributed by atoms with Gasteiger partial charge < -0.3 is 34.9 Å². The summed E-state index contributed by atoms with van der Waals surface area (Å²) in [5.74, 6) is 1.40. The molecule has 0 saturated carbocycles. The molecule has 1 aromatic heterocycles. The van der Waals surface area contributed by atoms with Crippen LogP contribution in [0.5, 0.6) is 17.2 Å². The van der Waals surface area contributed by atoms with Crippen LogP contribution in [0.2, 0.25) is 0 Å². The Morgan fingerprint density at radius 1 is 0.927 bits per heavy atom. The van der Waals surface area contributed by atoms with Crippen LogP contribution in [0.25, 0.3) is 11.0 Å². The molecule has 13 heteroatoms. The summed E-state index contributed by atoms with van der Waals surface area (Å²) in [4.78, 5) is 11.2. The Kier molecular flexibility index (Phi) is 9.65. The zero-order chi connectivity index (χ0) is 29.4. The molecule has 0 aliphatic heterocycles. The largest absolute Gasteiger partial charge is 0.497 e. The molecule has 0 unspecified atom stereocenters. The predicted octanol–water partition coefficient (Wildman–Crippen LogP) is 3.54. The van der Waals surface area contributed by atoms with Gasteiger partial charge in [0.25, 0.3) is 10.0 Å².